The fraction of sp³-hybridized carbons (Fsp3) is 0.463. The van der Waals surface area contributed by atoms with Crippen LogP contribution in [-0.4, -0.2) is 149 Å². The van der Waals surface area contributed by atoms with E-state index in [1.54, 1.807) is 27.5 Å². The van der Waals surface area contributed by atoms with Gasteiger partial charge in [0, 0.05) is 49.3 Å². The molecule has 4 aromatic heterocycles. The van der Waals surface area contributed by atoms with Gasteiger partial charge in [0.05, 0.1) is 72.3 Å². The molecule has 0 radical (unpaired) electrons. The first kappa shape index (κ1) is 50.6. The van der Waals surface area contributed by atoms with Crippen molar-refractivity contribution in [1.82, 2.24) is 29.2 Å². The number of carbonyl (C=O) groups is 2. The molecule has 4 fully saturated rings. The zero-order valence-corrected chi connectivity index (χ0v) is 42.6. The van der Waals surface area contributed by atoms with E-state index in [9.17, 15) is 40.3 Å². The molecule has 0 aliphatic carbocycles. The van der Waals surface area contributed by atoms with Crippen LogP contribution >= 0.6 is 45.3 Å². The molecular weight excluding hydrogens is 1100 g/mol. The highest BCUT2D eigenvalue weighted by molar-refractivity contribution is 14.1. The Morgan fingerprint density at radius 3 is 1.77 bits per heavy atom. The van der Waals surface area contributed by atoms with Crippen LogP contribution in [0.4, 0.5) is 19.0 Å². The van der Waals surface area contributed by atoms with Crippen molar-refractivity contribution in [2.24, 2.45) is 11.8 Å². The minimum Gasteiger partial charge on any atom is -0.497 e. The predicted molar refractivity (Wildman–Crippen MR) is 261 cm³/mol. The largest absolute Gasteiger partial charge is 0.497 e. The van der Waals surface area contributed by atoms with Gasteiger partial charge in [-0.1, -0.05) is 28.7 Å². The molecule has 6 aromatic rings. The number of esters is 1. The first-order chi connectivity index (χ1) is 32.8. The van der Waals surface area contributed by atoms with E-state index in [1.807, 2.05) is 4.90 Å². The number of carboxylic acids is 1. The number of nitrogens with zero attached hydrogens (tertiary/aromatic N) is 8. The first-order valence-electron chi connectivity index (χ1n) is 21.4. The van der Waals surface area contributed by atoms with Crippen molar-refractivity contribution in [3.8, 4) is 22.8 Å². The molecule has 69 heavy (non-hydrogen) atoms. The van der Waals surface area contributed by atoms with E-state index in [1.165, 1.54) is 62.2 Å². The summed E-state index contributed by atoms with van der Waals surface area (Å²) in [5.41, 5.74) is 1.45. The Hall–Kier alpha value is -4.75. The number of piperidine rings is 2. The number of imidazole rings is 2. The maximum atomic E-state index is 13.6. The Bertz CT molecular complexity index is 3120. The molecule has 3 N–H and O–H groups in total. The minimum atomic E-state index is -3.46. The molecule has 20 nitrogen and oxygen atoms in total. The molecule has 0 amide bonds. The van der Waals surface area contributed by atoms with Crippen molar-refractivity contribution in [1.29, 1.82) is 0 Å². The zero-order valence-electron chi connectivity index (χ0n) is 37.2. The number of hydrogen-bond donors (Lipinski definition) is 3. The lowest BCUT2D eigenvalue weighted by molar-refractivity contribution is -0.147. The molecular formula is C41H46BF2IN8O12S4. The van der Waals surface area contributed by atoms with Gasteiger partial charge in [0.25, 0.3) is 0 Å². The van der Waals surface area contributed by atoms with E-state index in [-0.39, 0.29) is 42.0 Å². The second-order valence-corrected chi connectivity index (χ2v) is 24.6. The Labute approximate surface area is 416 Å². The fourth-order valence-corrected chi connectivity index (χ4v) is 17.1. The Morgan fingerprint density at radius 2 is 1.25 bits per heavy atom. The Balaban J connectivity index is 0.000000154. The van der Waals surface area contributed by atoms with Crippen molar-refractivity contribution in [3.05, 3.63) is 64.1 Å². The molecule has 0 bridgehead atoms. The third-order valence-electron chi connectivity index (χ3n) is 13.4. The summed E-state index contributed by atoms with van der Waals surface area (Å²) in [5, 5.41) is 37.9. The third kappa shape index (κ3) is 9.36. The first-order valence-corrected chi connectivity index (χ1v) is 27.4. The standard InChI is InChI=1S/C20H21FN4O5S2.C14H17IN4O4S2.C7H8BFO3/c1-30-16-10-12(21)2-3-13(16)15-11-22-18-25(15)23-19(31-18)24-7-5-20(6-8-24)14(17(26)27)4-9-32(20,28)29;1-23-11(20)9-2-7-25(21,22)14(9)3-5-18(6-4-14)13-17-19-10(15)8-16-12(19)24-13;1-12-7-4-5(9)2-3-6(7)8(10)11/h2-3,10-11,14H,4-9H2,1H3,(H,26,27);8-9H,2-7H2,1H3;2-4,10-11H,1H3. The van der Waals surface area contributed by atoms with Crippen LogP contribution < -0.4 is 24.7 Å². The number of fused-ring (bicyclic) bond motifs is 2. The smallest absolute Gasteiger partial charge is 0.492 e. The van der Waals surface area contributed by atoms with E-state index in [0.717, 1.165) is 25.9 Å². The van der Waals surface area contributed by atoms with Gasteiger partial charge in [0.15, 0.2) is 19.7 Å². The van der Waals surface area contributed by atoms with Crippen LogP contribution in [0.2, 0.25) is 0 Å². The summed E-state index contributed by atoms with van der Waals surface area (Å²) in [4.78, 5) is 38.1. The lowest BCUT2D eigenvalue weighted by Crippen LogP contribution is -2.52. The molecule has 2 atom stereocenters. The maximum Gasteiger partial charge on any atom is 0.492 e. The lowest BCUT2D eigenvalue weighted by Gasteiger charge is -2.40. The predicted octanol–water partition coefficient (Wildman–Crippen LogP) is 3.32. The van der Waals surface area contributed by atoms with Gasteiger partial charge >= 0.3 is 19.1 Å². The number of benzene rings is 2. The molecule has 4 aliphatic rings. The molecule has 4 saturated heterocycles. The lowest BCUT2D eigenvalue weighted by atomic mass is 9.79. The average molecular weight is 1150 g/mol. The van der Waals surface area contributed by atoms with Crippen molar-refractivity contribution in [2.75, 3.05) is 68.8 Å². The summed E-state index contributed by atoms with van der Waals surface area (Å²) < 4.78 is 94.1. The van der Waals surface area contributed by atoms with Crippen LogP contribution in [0.1, 0.15) is 38.5 Å². The van der Waals surface area contributed by atoms with E-state index < -0.39 is 71.7 Å². The fourth-order valence-electron chi connectivity index (χ4n) is 9.76. The van der Waals surface area contributed by atoms with E-state index in [4.69, 9.17) is 24.3 Å². The number of anilines is 2. The van der Waals surface area contributed by atoms with Crippen LogP contribution in [0.25, 0.3) is 21.2 Å². The molecule has 0 saturated carbocycles. The number of rotatable bonds is 8. The van der Waals surface area contributed by atoms with Crippen molar-refractivity contribution < 1.29 is 64.6 Å². The number of methoxy groups -OCH3 is 3. The summed E-state index contributed by atoms with van der Waals surface area (Å²) in [6.45, 7) is 1.91. The van der Waals surface area contributed by atoms with Gasteiger partial charge in [-0.15, -0.1) is 10.2 Å². The van der Waals surface area contributed by atoms with Gasteiger partial charge in [0.1, 0.15) is 26.8 Å². The summed E-state index contributed by atoms with van der Waals surface area (Å²) in [5.74, 6) is -3.25. The number of sulfone groups is 2. The van der Waals surface area contributed by atoms with Crippen LogP contribution in [0.5, 0.6) is 11.5 Å². The van der Waals surface area contributed by atoms with E-state index in [2.05, 4.69) is 47.7 Å². The molecule has 8 heterocycles. The zero-order chi connectivity index (χ0) is 49.6. The third-order valence-corrected chi connectivity index (χ3v) is 21.5. The summed E-state index contributed by atoms with van der Waals surface area (Å²) in [6, 6.07) is 7.74. The monoisotopic (exact) mass is 1150 g/mol. The van der Waals surface area contributed by atoms with Crippen LogP contribution in [0.15, 0.2) is 48.8 Å². The van der Waals surface area contributed by atoms with E-state index >= 15 is 0 Å². The summed E-state index contributed by atoms with van der Waals surface area (Å²) >= 11 is 5.02. The van der Waals surface area contributed by atoms with Gasteiger partial charge in [-0.3, -0.25) is 9.59 Å². The molecule has 370 valence electrons. The molecule has 2 spiro atoms. The Morgan fingerprint density at radius 1 is 0.754 bits per heavy atom. The second kappa shape index (κ2) is 19.8. The number of aliphatic carboxylic acids is 1. The molecule has 28 heteroatoms. The number of ether oxygens (including phenoxy) is 3. The topological polar surface area (TPSA) is 258 Å². The number of halogens is 3. The SMILES string of the molecule is COC(=O)C1CCS(=O)(=O)C12CCN(c1nn3c(I)cnc3s1)CC2.COc1cc(F)ccc1-c1cnc2sc(N3CCC4(CC3)C(C(=O)O)CCS4(=O)=O)nn12.COc1cc(F)ccc1B(O)O. The minimum absolute atomic E-state index is 0.0655. The number of carboxylic acid groups (broad SMARTS) is 1. The number of aromatic nitrogens is 6. The number of hydrogen-bond acceptors (Lipinski definition) is 19. The Kier molecular flexibility index (Phi) is 14.5. The highest BCUT2D eigenvalue weighted by Gasteiger charge is 2.60. The molecule has 4 aliphatic heterocycles. The maximum absolute atomic E-state index is 13.6. The van der Waals surface area contributed by atoms with Crippen LogP contribution in [0.3, 0.4) is 0 Å². The molecule has 10 rings (SSSR count). The highest BCUT2D eigenvalue weighted by Crippen LogP contribution is 2.48. The van der Waals surface area contributed by atoms with Gasteiger partial charge in [-0.25, -0.2) is 40.1 Å². The highest BCUT2D eigenvalue weighted by atomic mass is 127. The van der Waals surface area contributed by atoms with Gasteiger partial charge in [-0.05, 0) is 79.3 Å². The van der Waals surface area contributed by atoms with Crippen molar-refractivity contribution >= 4 is 110 Å². The van der Waals surface area contributed by atoms with Gasteiger partial charge < -0.3 is 39.2 Å². The van der Waals surface area contributed by atoms with E-state index in [0.29, 0.717) is 72.5 Å². The molecule has 2 unspecified atom stereocenters. The normalized spacial score (nSPS) is 20.9. The summed E-state index contributed by atoms with van der Waals surface area (Å²) in [6.07, 6.45) is 5.30. The second-order valence-electron chi connectivity index (χ2n) is 16.8. The summed E-state index contributed by atoms with van der Waals surface area (Å²) in [7, 11) is -4.28. The van der Waals surface area contributed by atoms with Gasteiger partial charge in [-0.2, -0.15) is 4.52 Å². The number of carbonyl (C=O) groups excluding carboxylic acids is 1. The average Bonchev–Trinajstić information content (AvgIpc) is 4.18. The van der Waals surface area contributed by atoms with Gasteiger partial charge in [0.2, 0.25) is 20.2 Å². The van der Waals surface area contributed by atoms with Crippen molar-refractivity contribution in [2.45, 2.75) is 48.0 Å². The quantitative estimate of drug-likeness (QED) is 0.112. The van der Waals surface area contributed by atoms with Crippen LogP contribution in [-0.2, 0) is 34.0 Å². The molecule has 2 aromatic carbocycles. The van der Waals surface area contributed by atoms with Crippen LogP contribution in [0, 0.1) is 27.2 Å². The van der Waals surface area contributed by atoms with Crippen molar-refractivity contribution in [3.63, 3.8) is 0 Å².